The van der Waals surface area contributed by atoms with E-state index in [0.717, 1.165) is 57.9 Å². The summed E-state index contributed by atoms with van der Waals surface area (Å²) >= 11 is 0. The molecule has 0 unspecified atom stereocenters. The van der Waals surface area contributed by atoms with Crippen molar-refractivity contribution in [2.24, 2.45) is 0 Å². The molecule has 1 aliphatic heterocycles. The standard InChI is InChI=1S/C19H26N2O/c1-2-15-22-19-8-7-16-5-3-4-6-17(16)18(19)9-12-21-13-10-20-11-14-21/h3-8,20H,2,9-15H2,1H3. The summed E-state index contributed by atoms with van der Waals surface area (Å²) < 4.78 is 6.00. The van der Waals surface area contributed by atoms with E-state index in [1.54, 1.807) is 0 Å². The number of hydrogen-bond donors (Lipinski definition) is 1. The molecule has 0 saturated carbocycles. The highest BCUT2D eigenvalue weighted by Crippen LogP contribution is 2.29. The molecule has 0 spiro atoms. The van der Waals surface area contributed by atoms with Crippen LogP contribution in [0.1, 0.15) is 18.9 Å². The highest BCUT2D eigenvalue weighted by atomic mass is 16.5. The molecule has 3 nitrogen and oxygen atoms in total. The van der Waals surface area contributed by atoms with Crippen LogP contribution in [0, 0.1) is 0 Å². The van der Waals surface area contributed by atoms with Crippen LogP contribution in [0.2, 0.25) is 0 Å². The maximum Gasteiger partial charge on any atom is 0.123 e. The Bertz CT molecular complexity index is 605. The first kappa shape index (κ1) is 15.3. The van der Waals surface area contributed by atoms with Gasteiger partial charge in [0, 0.05) is 38.3 Å². The van der Waals surface area contributed by atoms with Gasteiger partial charge in [-0.3, -0.25) is 0 Å². The maximum atomic E-state index is 6.00. The summed E-state index contributed by atoms with van der Waals surface area (Å²) in [6, 6.07) is 13.0. The third-order valence-electron chi connectivity index (χ3n) is 4.35. The highest BCUT2D eigenvalue weighted by Gasteiger charge is 2.13. The molecule has 0 aromatic heterocycles. The largest absolute Gasteiger partial charge is 0.493 e. The minimum atomic E-state index is 0.791. The SMILES string of the molecule is CCCOc1ccc2ccccc2c1CCN1CCNCC1. The molecule has 2 aromatic rings. The van der Waals surface area contributed by atoms with Crippen molar-refractivity contribution in [2.75, 3.05) is 39.3 Å². The van der Waals surface area contributed by atoms with E-state index in [1.807, 2.05) is 0 Å². The predicted molar refractivity (Wildman–Crippen MR) is 92.7 cm³/mol. The van der Waals surface area contributed by atoms with Crippen LogP contribution in [-0.2, 0) is 6.42 Å². The average Bonchev–Trinajstić information content (AvgIpc) is 2.59. The van der Waals surface area contributed by atoms with Gasteiger partial charge in [0.25, 0.3) is 0 Å². The van der Waals surface area contributed by atoms with E-state index in [1.165, 1.54) is 16.3 Å². The maximum absolute atomic E-state index is 6.00. The Hall–Kier alpha value is -1.58. The number of ether oxygens (including phenoxy) is 1. The fourth-order valence-electron chi connectivity index (χ4n) is 3.13. The summed E-state index contributed by atoms with van der Waals surface area (Å²) in [6.07, 6.45) is 2.10. The van der Waals surface area contributed by atoms with Crippen LogP contribution in [0.3, 0.4) is 0 Å². The van der Waals surface area contributed by atoms with E-state index in [2.05, 4.69) is 53.5 Å². The average molecular weight is 298 g/mol. The first-order valence-electron chi connectivity index (χ1n) is 8.45. The van der Waals surface area contributed by atoms with E-state index >= 15 is 0 Å². The van der Waals surface area contributed by atoms with Gasteiger partial charge in [-0.1, -0.05) is 37.3 Å². The van der Waals surface area contributed by atoms with Gasteiger partial charge >= 0.3 is 0 Å². The normalized spacial score (nSPS) is 16.0. The van der Waals surface area contributed by atoms with Gasteiger partial charge in [-0.25, -0.2) is 0 Å². The lowest BCUT2D eigenvalue weighted by Gasteiger charge is -2.27. The van der Waals surface area contributed by atoms with E-state index in [4.69, 9.17) is 4.74 Å². The molecule has 0 atom stereocenters. The third kappa shape index (κ3) is 3.60. The molecule has 0 bridgehead atoms. The number of nitrogens with zero attached hydrogens (tertiary/aromatic N) is 1. The molecule has 0 radical (unpaired) electrons. The van der Waals surface area contributed by atoms with Gasteiger partial charge < -0.3 is 15.0 Å². The number of piperazine rings is 1. The van der Waals surface area contributed by atoms with Gasteiger partial charge in [0.2, 0.25) is 0 Å². The molecular weight excluding hydrogens is 272 g/mol. The van der Waals surface area contributed by atoms with Crippen LogP contribution in [0.25, 0.3) is 10.8 Å². The molecule has 3 heteroatoms. The number of benzene rings is 2. The predicted octanol–water partition coefficient (Wildman–Crippen LogP) is 3.08. The Morgan fingerprint density at radius 3 is 2.73 bits per heavy atom. The Balaban J connectivity index is 1.82. The second-order valence-electron chi connectivity index (χ2n) is 5.95. The van der Waals surface area contributed by atoms with Crippen molar-refractivity contribution in [2.45, 2.75) is 19.8 Å². The molecule has 1 N–H and O–H groups in total. The van der Waals surface area contributed by atoms with Crippen molar-refractivity contribution in [3.8, 4) is 5.75 Å². The second-order valence-corrected chi connectivity index (χ2v) is 5.95. The lowest BCUT2D eigenvalue weighted by molar-refractivity contribution is 0.242. The minimum Gasteiger partial charge on any atom is -0.493 e. The van der Waals surface area contributed by atoms with Crippen molar-refractivity contribution in [3.05, 3.63) is 42.0 Å². The first-order chi connectivity index (χ1) is 10.9. The van der Waals surface area contributed by atoms with Crippen LogP contribution in [-0.4, -0.2) is 44.2 Å². The number of hydrogen-bond acceptors (Lipinski definition) is 3. The fourth-order valence-corrected chi connectivity index (χ4v) is 3.13. The lowest BCUT2D eigenvalue weighted by atomic mass is 10.0. The van der Waals surface area contributed by atoms with Crippen LogP contribution in [0.4, 0.5) is 0 Å². The molecule has 22 heavy (non-hydrogen) atoms. The summed E-state index contributed by atoms with van der Waals surface area (Å²) in [4.78, 5) is 2.54. The van der Waals surface area contributed by atoms with E-state index in [0.29, 0.717) is 0 Å². The molecule has 118 valence electrons. The number of nitrogens with one attached hydrogen (secondary N) is 1. The van der Waals surface area contributed by atoms with Crippen LogP contribution >= 0.6 is 0 Å². The van der Waals surface area contributed by atoms with Crippen LogP contribution in [0.5, 0.6) is 5.75 Å². The second kappa shape index (κ2) is 7.61. The van der Waals surface area contributed by atoms with Crippen LogP contribution < -0.4 is 10.1 Å². The molecular formula is C19H26N2O. The summed E-state index contributed by atoms with van der Waals surface area (Å²) in [5.74, 6) is 1.07. The van der Waals surface area contributed by atoms with Crippen molar-refractivity contribution in [1.29, 1.82) is 0 Å². The van der Waals surface area contributed by atoms with Gasteiger partial charge in [-0.15, -0.1) is 0 Å². The Morgan fingerprint density at radius 2 is 1.91 bits per heavy atom. The van der Waals surface area contributed by atoms with Gasteiger partial charge in [-0.05, 0) is 29.7 Å². The number of fused-ring (bicyclic) bond motifs is 1. The molecule has 1 fully saturated rings. The Kier molecular flexibility index (Phi) is 5.30. The smallest absolute Gasteiger partial charge is 0.123 e. The van der Waals surface area contributed by atoms with Gasteiger partial charge in [0.05, 0.1) is 6.61 Å². The summed E-state index contributed by atoms with van der Waals surface area (Å²) in [5, 5.41) is 6.06. The van der Waals surface area contributed by atoms with Crippen LogP contribution in [0.15, 0.2) is 36.4 Å². The fraction of sp³-hybridized carbons (Fsp3) is 0.474. The van der Waals surface area contributed by atoms with E-state index < -0.39 is 0 Å². The molecule has 1 saturated heterocycles. The number of rotatable bonds is 6. The lowest BCUT2D eigenvalue weighted by Crippen LogP contribution is -2.44. The topological polar surface area (TPSA) is 24.5 Å². The van der Waals surface area contributed by atoms with Gasteiger partial charge in [-0.2, -0.15) is 0 Å². The zero-order valence-corrected chi connectivity index (χ0v) is 13.5. The molecule has 0 aliphatic carbocycles. The van der Waals surface area contributed by atoms with Crippen molar-refractivity contribution < 1.29 is 4.74 Å². The Labute approximate surface area is 133 Å². The summed E-state index contributed by atoms with van der Waals surface area (Å²) in [7, 11) is 0. The van der Waals surface area contributed by atoms with E-state index in [-0.39, 0.29) is 0 Å². The van der Waals surface area contributed by atoms with Gasteiger partial charge in [0.15, 0.2) is 0 Å². The summed E-state index contributed by atoms with van der Waals surface area (Å²) in [5.41, 5.74) is 1.37. The minimum absolute atomic E-state index is 0.791. The monoisotopic (exact) mass is 298 g/mol. The highest BCUT2D eigenvalue weighted by molar-refractivity contribution is 5.87. The van der Waals surface area contributed by atoms with Crippen molar-refractivity contribution >= 4 is 10.8 Å². The Morgan fingerprint density at radius 1 is 1.09 bits per heavy atom. The molecule has 2 aromatic carbocycles. The summed E-state index contributed by atoms with van der Waals surface area (Å²) in [6.45, 7) is 8.56. The molecule has 0 amide bonds. The molecule has 3 rings (SSSR count). The zero-order valence-electron chi connectivity index (χ0n) is 13.5. The zero-order chi connectivity index (χ0) is 15.2. The quantitative estimate of drug-likeness (QED) is 0.887. The molecule has 1 heterocycles. The first-order valence-corrected chi connectivity index (χ1v) is 8.45. The molecule has 1 aliphatic rings. The van der Waals surface area contributed by atoms with Gasteiger partial charge in [0.1, 0.15) is 5.75 Å². The van der Waals surface area contributed by atoms with E-state index in [9.17, 15) is 0 Å². The van der Waals surface area contributed by atoms with Crippen molar-refractivity contribution in [3.63, 3.8) is 0 Å². The van der Waals surface area contributed by atoms with Crippen molar-refractivity contribution in [1.82, 2.24) is 10.2 Å². The third-order valence-corrected chi connectivity index (χ3v) is 4.35.